The highest BCUT2D eigenvalue weighted by Crippen LogP contribution is 2.28. The first-order valence-corrected chi connectivity index (χ1v) is 4.78. The van der Waals surface area contributed by atoms with Gasteiger partial charge in [-0.3, -0.25) is 0 Å². The van der Waals surface area contributed by atoms with Crippen molar-refractivity contribution in [3.63, 3.8) is 0 Å². The van der Waals surface area contributed by atoms with Gasteiger partial charge in [-0.05, 0) is 38.0 Å². The van der Waals surface area contributed by atoms with E-state index >= 15 is 0 Å². The van der Waals surface area contributed by atoms with E-state index in [1.807, 2.05) is 26.8 Å². The van der Waals surface area contributed by atoms with Gasteiger partial charge in [0.25, 0.3) is 0 Å². The third kappa shape index (κ3) is 2.28. The first kappa shape index (κ1) is 11.5. The zero-order valence-electron chi connectivity index (χ0n) is 9.59. The van der Waals surface area contributed by atoms with Gasteiger partial charge in [-0.2, -0.15) is 5.26 Å². The van der Waals surface area contributed by atoms with E-state index in [9.17, 15) is 0 Å². The van der Waals surface area contributed by atoms with E-state index in [-0.39, 0.29) is 0 Å². The molecule has 0 aliphatic rings. The lowest BCUT2D eigenvalue weighted by Gasteiger charge is -2.21. The van der Waals surface area contributed by atoms with Crippen molar-refractivity contribution in [2.75, 3.05) is 7.11 Å². The summed E-state index contributed by atoms with van der Waals surface area (Å²) in [5.41, 5.74) is 7.96. The molecule has 0 aromatic heterocycles. The average molecular weight is 204 g/mol. The van der Waals surface area contributed by atoms with Gasteiger partial charge >= 0.3 is 0 Å². The Bertz CT molecular complexity index is 411. The smallest absolute Gasteiger partial charge is 0.139 e. The maximum absolute atomic E-state index is 8.99. The molecule has 15 heavy (non-hydrogen) atoms. The van der Waals surface area contributed by atoms with Gasteiger partial charge in [0.05, 0.1) is 12.7 Å². The van der Waals surface area contributed by atoms with Crippen LogP contribution in [0.25, 0.3) is 0 Å². The highest BCUT2D eigenvalue weighted by Gasteiger charge is 2.18. The SMILES string of the molecule is COc1c(C)cc(C(C)(C)N)cc1C#N. The molecule has 0 fully saturated rings. The van der Waals surface area contributed by atoms with E-state index in [0.717, 1.165) is 11.1 Å². The quantitative estimate of drug-likeness (QED) is 0.802. The fourth-order valence-corrected chi connectivity index (χ4v) is 1.50. The Morgan fingerprint density at radius 3 is 2.40 bits per heavy atom. The number of methoxy groups -OCH3 is 1. The minimum atomic E-state index is -0.442. The molecule has 1 aromatic rings. The molecule has 0 saturated carbocycles. The summed E-state index contributed by atoms with van der Waals surface area (Å²) in [6.07, 6.45) is 0. The highest BCUT2D eigenvalue weighted by atomic mass is 16.5. The van der Waals surface area contributed by atoms with Crippen LogP contribution in [0.1, 0.15) is 30.5 Å². The van der Waals surface area contributed by atoms with Crippen LogP contribution in [0.4, 0.5) is 0 Å². The monoisotopic (exact) mass is 204 g/mol. The van der Waals surface area contributed by atoms with Gasteiger partial charge in [0.1, 0.15) is 11.8 Å². The summed E-state index contributed by atoms with van der Waals surface area (Å²) in [5, 5.41) is 8.99. The number of hydrogen-bond acceptors (Lipinski definition) is 3. The van der Waals surface area contributed by atoms with Crippen LogP contribution >= 0.6 is 0 Å². The Morgan fingerprint density at radius 2 is 2.00 bits per heavy atom. The molecule has 0 spiro atoms. The fourth-order valence-electron chi connectivity index (χ4n) is 1.50. The minimum absolute atomic E-state index is 0.442. The Morgan fingerprint density at radius 1 is 1.40 bits per heavy atom. The summed E-state index contributed by atoms with van der Waals surface area (Å²) >= 11 is 0. The number of nitrogens with two attached hydrogens (primary N) is 1. The van der Waals surface area contributed by atoms with Crippen molar-refractivity contribution < 1.29 is 4.74 Å². The first-order chi connectivity index (χ1) is 6.90. The summed E-state index contributed by atoms with van der Waals surface area (Å²) in [6.45, 7) is 5.74. The summed E-state index contributed by atoms with van der Waals surface area (Å²) in [6, 6.07) is 5.86. The molecule has 0 amide bonds. The summed E-state index contributed by atoms with van der Waals surface area (Å²) in [4.78, 5) is 0. The standard InChI is InChI=1S/C12H16N2O/c1-8-5-10(12(2,3)14)6-9(7-13)11(8)15-4/h5-6H,14H2,1-4H3. The third-order valence-corrected chi connectivity index (χ3v) is 2.34. The van der Waals surface area contributed by atoms with Crippen molar-refractivity contribution in [1.82, 2.24) is 0 Å². The van der Waals surface area contributed by atoms with Crippen LogP contribution in [0.15, 0.2) is 12.1 Å². The largest absolute Gasteiger partial charge is 0.495 e. The maximum Gasteiger partial charge on any atom is 0.139 e. The van der Waals surface area contributed by atoms with Gasteiger partial charge in [0, 0.05) is 5.54 Å². The number of nitrogens with zero attached hydrogens (tertiary/aromatic N) is 1. The molecule has 0 unspecified atom stereocenters. The molecule has 0 aliphatic carbocycles. The van der Waals surface area contributed by atoms with Gasteiger partial charge in [-0.1, -0.05) is 6.07 Å². The molecule has 0 atom stereocenters. The summed E-state index contributed by atoms with van der Waals surface area (Å²) in [5.74, 6) is 0.630. The second-order valence-corrected chi connectivity index (χ2v) is 4.21. The predicted octanol–water partition coefficient (Wildman–Crippen LogP) is 2.07. The minimum Gasteiger partial charge on any atom is -0.495 e. The summed E-state index contributed by atoms with van der Waals surface area (Å²) < 4.78 is 5.17. The van der Waals surface area contributed by atoms with Crippen molar-refractivity contribution in [2.24, 2.45) is 5.73 Å². The number of rotatable bonds is 2. The Balaban J connectivity index is 3.41. The second-order valence-electron chi connectivity index (χ2n) is 4.21. The van der Waals surface area contributed by atoms with Crippen molar-refractivity contribution in [3.8, 4) is 11.8 Å². The lowest BCUT2D eigenvalue weighted by Crippen LogP contribution is -2.28. The first-order valence-electron chi connectivity index (χ1n) is 4.78. The molecule has 80 valence electrons. The number of benzene rings is 1. The van der Waals surface area contributed by atoms with Gasteiger partial charge in [0.15, 0.2) is 0 Å². The Kier molecular flexibility index (Phi) is 3.01. The van der Waals surface area contributed by atoms with Crippen LogP contribution in [0, 0.1) is 18.3 Å². The number of ether oxygens (including phenoxy) is 1. The molecule has 0 aliphatic heterocycles. The van der Waals surface area contributed by atoms with E-state index in [4.69, 9.17) is 15.7 Å². The average Bonchev–Trinajstić information content (AvgIpc) is 2.15. The topological polar surface area (TPSA) is 59.0 Å². The molecule has 0 radical (unpaired) electrons. The Hall–Kier alpha value is -1.53. The third-order valence-electron chi connectivity index (χ3n) is 2.34. The fraction of sp³-hybridized carbons (Fsp3) is 0.417. The van der Waals surface area contributed by atoms with Crippen molar-refractivity contribution in [1.29, 1.82) is 5.26 Å². The number of nitriles is 1. The molecule has 3 heteroatoms. The van der Waals surface area contributed by atoms with Crippen molar-refractivity contribution in [3.05, 3.63) is 28.8 Å². The van der Waals surface area contributed by atoms with Gasteiger partial charge in [0.2, 0.25) is 0 Å². The van der Waals surface area contributed by atoms with E-state index in [1.165, 1.54) is 0 Å². The van der Waals surface area contributed by atoms with Crippen LogP contribution in [0.3, 0.4) is 0 Å². The van der Waals surface area contributed by atoms with Gasteiger partial charge in [-0.25, -0.2) is 0 Å². The lowest BCUT2D eigenvalue weighted by atomic mass is 9.92. The molecular formula is C12H16N2O. The molecule has 1 aromatic carbocycles. The number of aryl methyl sites for hydroxylation is 1. The van der Waals surface area contributed by atoms with Crippen molar-refractivity contribution >= 4 is 0 Å². The lowest BCUT2D eigenvalue weighted by molar-refractivity contribution is 0.409. The molecule has 0 bridgehead atoms. The molecular weight excluding hydrogens is 188 g/mol. The number of hydrogen-bond donors (Lipinski definition) is 1. The maximum atomic E-state index is 8.99. The van der Waals surface area contributed by atoms with E-state index in [1.54, 1.807) is 13.2 Å². The van der Waals surface area contributed by atoms with Gasteiger partial charge < -0.3 is 10.5 Å². The van der Waals surface area contributed by atoms with Gasteiger partial charge in [-0.15, -0.1) is 0 Å². The van der Waals surface area contributed by atoms with E-state index in [2.05, 4.69) is 6.07 Å². The van der Waals surface area contributed by atoms with Crippen LogP contribution < -0.4 is 10.5 Å². The molecule has 0 saturated heterocycles. The van der Waals surface area contributed by atoms with E-state index in [0.29, 0.717) is 11.3 Å². The van der Waals surface area contributed by atoms with E-state index < -0.39 is 5.54 Å². The van der Waals surface area contributed by atoms with Crippen LogP contribution in [0.2, 0.25) is 0 Å². The molecule has 1 rings (SSSR count). The molecule has 3 nitrogen and oxygen atoms in total. The van der Waals surface area contributed by atoms with Crippen LogP contribution in [-0.4, -0.2) is 7.11 Å². The zero-order valence-corrected chi connectivity index (χ0v) is 9.59. The highest BCUT2D eigenvalue weighted by molar-refractivity contribution is 5.51. The Labute approximate surface area is 90.5 Å². The van der Waals surface area contributed by atoms with Crippen LogP contribution in [0.5, 0.6) is 5.75 Å². The normalized spacial score (nSPS) is 10.9. The summed E-state index contributed by atoms with van der Waals surface area (Å²) in [7, 11) is 1.57. The molecule has 2 N–H and O–H groups in total. The molecule has 0 heterocycles. The predicted molar refractivity (Wildman–Crippen MR) is 59.7 cm³/mol. The van der Waals surface area contributed by atoms with Crippen LogP contribution in [-0.2, 0) is 5.54 Å². The second kappa shape index (κ2) is 3.92. The van der Waals surface area contributed by atoms with Crippen molar-refractivity contribution in [2.45, 2.75) is 26.3 Å². The zero-order chi connectivity index (χ0) is 11.6.